The molecule has 5 heteroatoms. The number of hydrogen-bond donors (Lipinski definition) is 1. The molecular formula is C13H13BrClNOS. The summed E-state index contributed by atoms with van der Waals surface area (Å²) in [6.45, 7) is 3.16. The summed E-state index contributed by atoms with van der Waals surface area (Å²) in [5, 5.41) is 0.616. The Morgan fingerprint density at radius 3 is 2.83 bits per heavy atom. The van der Waals surface area contributed by atoms with Crippen molar-refractivity contribution in [2.75, 3.05) is 0 Å². The van der Waals surface area contributed by atoms with E-state index in [9.17, 15) is 0 Å². The van der Waals surface area contributed by atoms with Crippen LogP contribution in [0.15, 0.2) is 28.7 Å². The molecule has 0 saturated heterocycles. The molecule has 2 nitrogen and oxygen atoms in total. The van der Waals surface area contributed by atoms with Gasteiger partial charge in [-0.25, -0.2) is 0 Å². The number of benzene rings is 1. The second-order valence-electron chi connectivity index (χ2n) is 3.86. The number of thiophene rings is 1. The topological polar surface area (TPSA) is 35.2 Å². The minimum atomic E-state index is 0.512. The van der Waals surface area contributed by atoms with E-state index in [1.54, 1.807) is 11.3 Å². The minimum Gasteiger partial charge on any atom is -0.487 e. The summed E-state index contributed by atoms with van der Waals surface area (Å²) in [6, 6.07) is 7.66. The average Bonchev–Trinajstić information content (AvgIpc) is 2.71. The molecule has 2 rings (SSSR count). The van der Waals surface area contributed by atoms with Gasteiger partial charge in [0.25, 0.3) is 0 Å². The molecule has 2 N–H and O–H groups in total. The lowest BCUT2D eigenvalue weighted by Gasteiger charge is -2.08. The number of aryl methyl sites for hydroxylation is 1. The van der Waals surface area contributed by atoms with Crippen LogP contribution in [0.3, 0.4) is 0 Å². The highest BCUT2D eigenvalue weighted by Gasteiger charge is 2.07. The summed E-state index contributed by atoms with van der Waals surface area (Å²) >= 11 is 11.2. The van der Waals surface area contributed by atoms with E-state index in [0.717, 1.165) is 10.0 Å². The summed E-state index contributed by atoms with van der Waals surface area (Å²) in [7, 11) is 0. The van der Waals surface area contributed by atoms with Gasteiger partial charge in [0.2, 0.25) is 0 Å². The van der Waals surface area contributed by atoms with Crippen molar-refractivity contribution in [2.24, 2.45) is 5.73 Å². The summed E-state index contributed by atoms with van der Waals surface area (Å²) in [4.78, 5) is 2.41. The fraction of sp³-hybridized carbons (Fsp3) is 0.231. The molecule has 0 amide bonds. The van der Waals surface area contributed by atoms with Crippen molar-refractivity contribution in [3.8, 4) is 5.75 Å². The van der Waals surface area contributed by atoms with E-state index >= 15 is 0 Å². The molecule has 0 spiro atoms. The highest BCUT2D eigenvalue weighted by molar-refractivity contribution is 9.10. The smallest absolute Gasteiger partial charge is 0.139 e. The first-order chi connectivity index (χ1) is 8.60. The lowest BCUT2D eigenvalue weighted by molar-refractivity contribution is 0.306. The van der Waals surface area contributed by atoms with E-state index in [0.29, 0.717) is 23.9 Å². The summed E-state index contributed by atoms with van der Waals surface area (Å²) in [5.41, 5.74) is 6.79. The van der Waals surface area contributed by atoms with E-state index in [1.165, 1.54) is 9.75 Å². The maximum Gasteiger partial charge on any atom is 0.139 e. The van der Waals surface area contributed by atoms with Crippen molar-refractivity contribution in [3.63, 3.8) is 0 Å². The highest BCUT2D eigenvalue weighted by atomic mass is 79.9. The normalized spacial score (nSPS) is 10.7. The lowest BCUT2D eigenvalue weighted by atomic mass is 10.2. The molecule has 18 heavy (non-hydrogen) atoms. The van der Waals surface area contributed by atoms with Crippen LogP contribution < -0.4 is 10.5 Å². The zero-order valence-corrected chi connectivity index (χ0v) is 13.0. The number of hydrogen-bond acceptors (Lipinski definition) is 3. The highest BCUT2D eigenvalue weighted by Crippen LogP contribution is 2.29. The molecule has 0 atom stereocenters. The van der Waals surface area contributed by atoms with Gasteiger partial charge in [0.05, 0.1) is 5.02 Å². The third-order valence-corrected chi connectivity index (χ3v) is 4.47. The zero-order chi connectivity index (χ0) is 13.1. The Labute approximate surface area is 124 Å². The van der Waals surface area contributed by atoms with Gasteiger partial charge in [-0.3, -0.25) is 0 Å². The van der Waals surface area contributed by atoms with Gasteiger partial charge >= 0.3 is 0 Å². The molecule has 96 valence electrons. The van der Waals surface area contributed by atoms with Crippen LogP contribution in [-0.4, -0.2) is 0 Å². The van der Waals surface area contributed by atoms with Gasteiger partial charge in [-0.15, -0.1) is 11.3 Å². The molecule has 0 fully saturated rings. The monoisotopic (exact) mass is 345 g/mol. The minimum absolute atomic E-state index is 0.512. The van der Waals surface area contributed by atoms with E-state index < -0.39 is 0 Å². The van der Waals surface area contributed by atoms with Crippen LogP contribution in [0.25, 0.3) is 0 Å². The summed E-state index contributed by atoms with van der Waals surface area (Å²) in [5.74, 6) is 0.686. The van der Waals surface area contributed by atoms with Crippen LogP contribution in [0.4, 0.5) is 0 Å². The molecule has 1 heterocycles. The Bertz CT molecular complexity index is 556. The third-order valence-electron chi connectivity index (χ3n) is 2.55. The van der Waals surface area contributed by atoms with E-state index in [1.807, 2.05) is 18.2 Å². The Balaban J connectivity index is 2.11. The molecule has 0 saturated carbocycles. The molecule has 0 bridgehead atoms. The Morgan fingerprint density at radius 2 is 2.17 bits per heavy atom. The van der Waals surface area contributed by atoms with Gasteiger partial charge in [-0.2, -0.15) is 0 Å². The van der Waals surface area contributed by atoms with Gasteiger partial charge in [0.15, 0.2) is 0 Å². The van der Waals surface area contributed by atoms with Gasteiger partial charge in [-0.05, 0) is 31.2 Å². The van der Waals surface area contributed by atoms with Crippen LogP contribution >= 0.6 is 38.9 Å². The Hall–Kier alpha value is -0.550. The van der Waals surface area contributed by atoms with Crippen molar-refractivity contribution >= 4 is 38.9 Å². The molecule has 2 aromatic rings. The van der Waals surface area contributed by atoms with Gasteiger partial charge in [0, 0.05) is 26.3 Å². The predicted molar refractivity (Wildman–Crippen MR) is 80.4 cm³/mol. The molecule has 0 aliphatic rings. The molecule has 0 unspecified atom stereocenters. The van der Waals surface area contributed by atoms with Gasteiger partial charge < -0.3 is 10.5 Å². The van der Waals surface area contributed by atoms with Gasteiger partial charge in [0.1, 0.15) is 12.4 Å². The first kappa shape index (κ1) is 13.9. The third kappa shape index (κ3) is 3.26. The molecule has 1 aromatic heterocycles. The largest absolute Gasteiger partial charge is 0.487 e. The zero-order valence-electron chi connectivity index (χ0n) is 9.87. The number of rotatable bonds is 4. The van der Waals surface area contributed by atoms with Crippen LogP contribution in [0.2, 0.25) is 5.02 Å². The summed E-state index contributed by atoms with van der Waals surface area (Å²) < 4.78 is 6.70. The van der Waals surface area contributed by atoms with E-state index in [4.69, 9.17) is 22.1 Å². The predicted octanol–water partition coefficient (Wildman–Crippen LogP) is 4.51. The van der Waals surface area contributed by atoms with Crippen LogP contribution in [0, 0.1) is 6.92 Å². The maximum atomic E-state index is 6.07. The molecular weight excluding hydrogens is 334 g/mol. The average molecular weight is 347 g/mol. The van der Waals surface area contributed by atoms with Crippen molar-refractivity contribution in [3.05, 3.63) is 49.1 Å². The molecule has 1 aromatic carbocycles. The fourth-order valence-electron chi connectivity index (χ4n) is 1.57. The first-order valence-electron chi connectivity index (χ1n) is 5.46. The number of ether oxygens (including phenoxy) is 1. The quantitative estimate of drug-likeness (QED) is 0.884. The van der Waals surface area contributed by atoms with Gasteiger partial charge in [-0.1, -0.05) is 27.5 Å². The maximum absolute atomic E-state index is 6.07. The molecule has 0 aliphatic carbocycles. The second kappa shape index (κ2) is 6.06. The fourth-order valence-corrected chi connectivity index (χ4v) is 3.01. The van der Waals surface area contributed by atoms with E-state index in [-0.39, 0.29) is 0 Å². The van der Waals surface area contributed by atoms with E-state index in [2.05, 4.69) is 28.9 Å². The van der Waals surface area contributed by atoms with Crippen molar-refractivity contribution in [2.45, 2.75) is 20.1 Å². The van der Waals surface area contributed by atoms with Crippen LogP contribution in [0.1, 0.15) is 15.3 Å². The number of nitrogens with two attached hydrogens (primary N) is 1. The molecule has 0 radical (unpaired) electrons. The van der Waals surface area contributed by atoms with Crippen molar-refractivity contribution in [1.29, 1.82) is 0 Å². The molecule has 0 aliphatic heterocycles. The van der Waals surface area contributed by atoms with Crippen molar-refractivity contribution < 1.29 is 4.74 Å². The number of halogens is 2. The SMILES string of the molecule is Cc1sc(CN)cc1COc1cc(Br)ccc1Cl. The Morgan fingerprint density at radius 1 is 1.39 bits per heavy atom. The first-order valence-corrected chi connectivity index (χ1v) is 7.45. The van der Waals surface area contributed by atoms with Crippen molar-refractivity contribution in [1.82, 2.24) is 0 Å². The van der Waals surface area contributed by atoms with Crippen LogP contribution in [0.5, 0.6) is 5.75 Å². The lowest BCUT2D eigenvalue weighted by Crippen LogP contribution is -1.96. The Kier molecular flexibility index (Phi) is 4.67. The van der Waals surface area contributed by atoms with Crippen LogP contribution in [-0.2, 0) is 13.2 Å². The second-order valence-corrected chi connectivity index (χ2v) is 6.53. The summed E-state index contributed by atoms with van der Waals surface area (Å²) in [6.07, 6.45) is 0. The standard InChI is InChI=1S/C13H13BrClNOS/c1-8-9(4-11(6-16)18-8)7-17-13-5-10(14)2-3-12(13)15/h2-5H,6-7,16H2,1H3.